The van der Waals surface area contributed by atoms with Gasteiger partial charge in [-0.3, -0.25) is 4.79 Å². The van der Waals surface area contributed by atoms with Gasteiger partial charge in [0, 0.05) is 34.8 Å². The third-order valence-electron chi connectivity index (χ3n) is 6.13. The van der Waals surface area contributed by atoms with Gasteiger partial charge < -0.3 is 24.1 Å². The first-order chi connectivity index (χ1) is 16.5. The number of hydrogen-bond acceptors (Lipinski definition) is 4. The maximum absolute atomic E-state index is 14.0. The number of nitrogens with one attached hydrogen (secondary N) is 1. The molecule has 0 aliphatic carbocycles. The van der Waals surface area contributed by atoms with Gasteiger partial charge in [0.15, 0.2) is 11.5 Å². The molecule has 0 bridgehead atoms. The summed E-state index contributed by atoms with van der Waals surface area (Å²) in [5.74, 6) is 1.22. The average molecular weight is 459 g/mol. The molecule has 1 N–H and O–H groups in total. The summed E-state index contributed by atoms with van der Waals surface area (Å²) in [4.78, 5) is 19.2. The quantitative estimate of drug-likeness (QED) is 0.365. The van der Waals surface area contributed by atoms with Crippen LogP contribution in [0.1, 0.15) is 40.0 Å². The Kier molecular flexibility index (Phi) is 6.77. The number of methoxy groups -OCH3 is 3. The van der Waals surface area contributed by atoms with E-state index in [2.05, 4.69) is 42.2 Å². The number of carbonyl (C=O) groups excluding carboxylic acids is 1. The Morgan fingerprint density at radius 1 is 0.941 bits per heavy atom. The van der Waals surface area contributed by atoms with Gasteiger partial charge in [0.2, 0.25) is 5.75 Å². The lowest BCUT2D eigenvalue weighted by atomic mass is 9.95. The fraction of sp³-hybridized carbons (Fsp3) is 0.250. The first-order valence-corrected chi connectivity index (χ1v) is 11.3. The summed E-state index contributed by atoms with van der Waals surface area (Å²) in [6.07, 6.45) is 2.00. The molecule has 34 heavy (non-hydrogen) atoms. The van der Waals surface area contributed by atoms with Crippen LogP contribution in [0, 0.1) is 6.92 Å². The van der Waals surface area contributed by atoms with E-state index in [1.54, 1.807) is 33.5 Å². The van der Waals surface area contributed by atoms with Gasteiger partial charge in [0.25, 0.3) is 5.91 Å². The summed E-state index contributed by atoms with van der Waals surface area (Å²) < 4.78 is 16.4. The van der Waals surface area contributed by atoms with E-state index < -0.39 is 0 Å². The molecule has 0 spiro atoms. The molecule has 0 aliphatic heterocycles. The number of para-hydroxylation sites is 1. The van der Waals surface area contributed by atoms with Crippen molar-refractivity contribution in [3.05, 3.63) is 89.1 Å². The standard InChI is InChI=1S/C28H30N2O4/c1-6-30(28(31)20-15-24(32-3)27(34-5)25(16-20)33-4)26(19-13-11-18(2)12-14-19)22-17-29-23-10-8-7-9-21(22)23/h7-17,26,29H,6H2,1-5H3/t26-/m0/s1. The van der Waals surface area contributed by atoms with Crippen molar-refractivity contribution in [1.82, 2.24) is 9.88 Å². The number of aryl methyl sites for hydroxylation is 1. The monoisotopic (exact) mass is 458 g/mol. The summed E-state index contributed by atoms with van der Waals surface area (Å²) >= 11 is 0. The molecule has 6 heteroatoms. The van der Waals surface area contributed by atoms with E-state index in [0.29, 0.717) is 29.4 Å². The summed E-state index contributed by atoms with van der Waals surface area (Å²) in [5.41, 5.74) is 4.75. The summed E-state index contributed by atoms with van der Waals surface area (Å²) in [5, 5.41) is 1.09. The SMILES string of the molecule is CCN(C(=O)c1cc(OC)c(OC)c(OC)c1)[C@@H](c1ccc(C)cc1)c1c[nH]c2ccccc12. The molecular weight excluding hydrogens is 428 g/mol. The molecular formula is C28H30N2O4. The Morgan fingerprint density at radius 2 is 1.59 bits per heavy atom. The molecule has 4 rings (SSSR count). The first-order valence-electron chi connectivity index (χ1n) is 11.3. The number of aromatic amines is 1. The van der Waals surface area contributed by atoms with Crippen LogP contribution >= 0.6 is 0 Å². The molecule has 1 heterocycles. The number of fused-ring (bicyclic) bond motifs is 1. The van der Waals surface area contributed by atoms with Gasteiger partial charge >= 0.3 is 0 Å². The molecule has 0 saturated heterocycles. The van der Waals surface area contributed by atoms with Crippen molar-refractivity contribution >= 4 is 16.8 Å². The summed E-state index contributed by atoms with van der Waals surface area (Å²) in [7, 11) is 4.64. The average Bonchev–Trinajstić information content (AvgIpc) is 3.30. The highest BCUT2D eigenvalue weighted by Gasteiger charge is 2.30. The van der Waals surface area contributed by atoms with Gasteiger partial charge in [0.05, 0.1) is 27.4 Å². The van der Waals surface area contributed by atoms with Crippen LogP contribution in [0.25, 0.3) is 10.9 Å². The highest BCUT2D eigenvalue weighted by molar-refractivity contribution is 5.97. The van der Waals surface area contributed by atoms with Crippen molar-refractivity contribution in [2.24, 2.45) is 0 Å². The Bertz CT molecular complexity index is 1270. The normalized spacial score (nSPS) is 11.8. The highest BCUT2D eigenvalue weighted by Crippen LogP contribution is 2.40. The topological polar surface area (TPSA) is 63.8 Å². The van der Waals surface area contributed by atoms with Crippen LogP contribution in [0.15, 0.2) is 66.9 Å². The van der Waals surface area contributed by atoms with Gasteiger partial charge in [-0.1, -0.05) is 48.0 Å². The van der Waals surface area contributed by atoms with Crippen molar-refractivity contribution in [2.75, 3.05) is 27.9 Å². The predicted molar refractivity (Wildman–Crippen MR) is 134 cm³/mol. The van der Waals surface area contributed by atoms with E-state index in [9.17, 15) is 4.79 Å². The molecule has 3 aromatic carbocycles. The predicted octanol–water partition coefficient (Wildman–Crippen LogP) is 5.75. The molecule has 0 unspecified atom stereocenters. The minimum Gasteiger partial charge on any atom is -0.493 e. The number of benzene rings is 3. The minimum absolute atomic E-state index is 0.127. The third-order valence-corrected chi connectivity index (χ3v) is 6.13. The van der Waals surface area contributed by atoms with Crippen molar-refractivity contribution < 1.29 is 19.0 Å². The van der Waals surface area contributed by atoms with E-state index in [1.807, 2.05) is 36.2 Å². The van der Waals surface area contributed by atoms with Crippen molar-refractivity contribution in [3.8, 4) is 17.2 Å². The lowest BCUT2D eigenvalue weighted by molar-refractivity contribution is 0.0717. The van der Waals surface area contributed by atoms with Crippen molar-refractivity contribution in [3.63, 3.8) is 0 Å². The smallest absolute Gasteiger partial charge is 0.254 e. The number of nitrogens with zero attached hydrogens (tertiary/aromatic N) is 1. The molecule has 1 atom stereocenters. The lowest BCUT2D eigenvalue weighted by Crippen LogP contribution is -2.35. The Hall–Kier alpha value is -3.93. The number of H-pyrrole nitrogens is 1. The van der Waals surface area contributed by atoms with Gasteiger partial charge in [-0.05, 0) is 37.6 Å². The Labute approximate surface area is 200 Å². The van der Waals surface area contributed by atoms with Crippen LogP contribution in [0.3, 0.4) is 0 Å². The van der Waals surface area contributed by atoms with Crippen LogP contribution in [0.4, 0.5) is 0 Å². The van der Waals surface area contributed by atoms with E-state index in [1.165, 1.54) is 5.56 Å². The number of hydrogen-bond donors (Lipinski definition) is 1. The number of ether oxygens (including phenoxy) is 3. The molecule has 0 saturated carbocycles. The van der Waals surface area contributed by atoms with Gasteiger partial charge in [-0.25, -0.2) is 0 Å². The zero-order chi connectivity index (χ0) is 24.2. The number of carbonyl (C=O) groups is 1. The lowest BCUT2D eigenvalue weighted by Gasteiger charge is -2.32. The summed E-state index contributed by atoms with van der Waals surface area (Å²) in [6, 6.07) is 19.6. The van der Waals surface area contributed by atoms with E-state index in [4.69, 9.17) is 14.2 Å². The zero-order valence-corrected chi connectivity index (χ0v) is 20.2. The van der Waals surface area contributed by atoms with Crippen LogP contribution in [-0.2, 0) is 0 Å². The number of rotatable bonds is 8. The number of aromatic nitrogens is 1. The molecule has 6 nitrogen and oxygen atoms in total. The van der Waals surface area contributed by atoms with Crippen molar-refractivity contribution in [2.45, 2.75) is 19.9 Å². The second-order valence-electron chi connectivity index (χ2n) is 8.11. The minimum atomic E-state index is -0.284. The fourth-order valence-corrected chi connectivity index (χ4v) is 4.41. The molecule has 4 aromatic rings. The maximum Gasteiger partial charge on any atom is 0.254 e. The van der Waals surface area contributed by atoms with E-state index in [-0.39, 0.29) is 11.9 Å². The van der Waals surface area contributed by atoms with E-state index >= 15 is 0 Å². The third kappa shape index (κ3) is 4.19. The number of amides is 1. The molecule has 0 aliphatic rings. The second kappa shape index (κ2) is 9.91. The van der Waals surface area contributed by atoms with Gasteiger partial charge in [-0.2, -0.15) is 0 Å². The fourth-order valence-electron chi connectivity index (χ4n) is 4.41. The molecule has 1 amide bonds. The molecule has 0 radical (unpaired) electrons. The van der Waals surface area contributed by atoms with Crippen LogP contribution in [0.2, 0.25) is 0 Å². The van der Waals surface area contributed by atoms with Crippen LogP contribution < -0.4 is 14.2 Å². The van der Waals surface area contributed by atoms with Gasteiger partial charge in [0.1, 0.15) is 0 Å². The molecule has 176 valence electrons. The molecule has 1 aromatic heterocycles. The largest absolute Gasteiger partial charge is 0.493 e. The van der Waals surface area contributed by atoms with Crippen LogP contribution in [0.5, 0.6) is 17.2 Å². The Balaban J connectivity index is 1.87. The van der Waals surface area contributed by atoms with Gasteiger partial charge in [-0.15, -0.1) is 0 Å². The van der Waals surface area contributed by atoms with Crippen LogP contribution in [-0.4, -0.2) is 43.7 Å². The maximum atomic E-state index is 14.0. The first kappa shape index (κ1) is 23.2. The van der Waals surface area contributed by atoms with Crippen molar-refractivity contribution in [1.29, 1.82) is 0 Å². The summed E-state index contributed by atoms with van der Waals surface area (Å²) in [6.45, 7) is 4.56. The Morgan fingerprint density at radius 3 is 2.18 bits per heavy atom. The zero-order valence-electron chi connectivity index (χ0n) is 20.2. The van der Waals surface area contributed by atoms with E-state index in [0.717, 1.165) is 22.0 Å². The molecule has 0 fully saturated rings. The second-order valence-corrected chi connectivity index (χ2v) is 8.11. The highest BCUT2D eigenvalue weighted by atomic mass is 16.5.